The van der Waals surface area contributed by atoms with E-state index in [1.807, 2.05) is 12.1 Å². The van der Waals surface area contributed by atoms with E-state index in [4.69, 9.17) is 0 Å². The fraction of sp³-hybridized carbons (Fsp3) is 0.643. The summed E-state index contributed by atoms with van der Waals surface area (Å²) in [6.45, 7) is 5.60. The molecule has 1 fully saturated rings. The summed E-state index contributed by atoms with van der Waals surface area (Å²) >= 11 is 3.41. The molecular weight excluding hydrogens is 276 g/mol. The van der Waals surface area contributed by atoms with Gasteiger partial charge in [0.2, 0.25) is 0 Å². The van der Waals surface area contributed by atoms with Crippen LogP contribution in [0.2, 0.25) is 0 Å². The lowest BCUT2D eigenvalue weighted by Crippen LogP contribution is -2.36. The number of hydrogen-bond donors (Lipinski definition) is 1. The van der Waals surface area contributed by atoms with E-state index < -0.39 is 0 Å². The second kappa shape index (κ2) is 5.96. The molecule has 17 heavy (non-hydrogen) atoms. The van der Waals surface area contributed by atoms with Gasteiger partial charge in [-0.3, -0.25) is 0 Å². The third-order valence-electron chi connectivity index (χ3n) is 3.52. The first-order valence-corrected chi connectivity index (χ1v) is 7.27. The minimum absolute atomic E-state index is 0.662. The van der Waals surface area contributed by atoms with Crippen molar-refractivity contribution in [3.63, 3.8) is 0 Å². The molecule has 94 valence electrons. The predicted octanol–water partition coefficient (Wildman–Crippen LogP) is 3.76. The van der Waals surface area contributed by atoms with E-state index >= 15 is 0 Å². The van der Waals surface area contributed by atoms with Gasteiger partial charge in [-0.15, -0.1) is 0 Å². The summed E-state index contributed by atoms with van der Waals surface area (Å²) in [5.41, 5.74) is 1.12. The Bertz CT molecular complexity index is 357. The lowest BCUT2D eigenvalue weighted by atomic mass is 9.80. The Morgan fingerprint density at radius 2 is 1.94 bits per heavy atom. The molecule has 1 saturated carbocycles. The zero-order chi connectivity index (χ0) is 12.3. The van der Waals surface area contributed by atoms with E-state index in [2.05, 4.69) is 46.1 Å². The molecule has 2 unspecified atom stereocenters. The van der Waals surface area contributed by atoms with Crippen LogP contribution >= 0.6 is 15.9 Å². The molecular formula is C14H21BrN2. The first-order valence-electron chi connectivity index (χ1n) is 6.48. The van der Waals surface area contributed by atoms with Crippen molar-refractivity contribution in [3.05, 3.63) is 28.5 Å². The molecule has 2 rings (SSSR count). The smallest absolute Gasteiger partial charge is 0.106 e. The highest BCUT2D eigenvalue weighted by Crippen LogP contribution is 2.28. The van der Waals surface area contributed by atoms with E-state index in [1.165, 1.54) is 19.3 Å². The maximum Gasteiger partial charge on any atom is 0.106 e. The Morgan fingerprint density at radius 1 is 1.24 bits per heavy atom. The van der Waals surface area contributed by atoms with Crippen LogP contribution in [0.1, 0.15) is 38.8 Å². The van der Waals surface area contributed by atoms with Gasteiger partial charge < -0.3 is 5.32 Å². The van der Waals surface area contributed by atoms with Crippen molar-refractivity contribution in [3.8, 4) is 0 Å². The molecule has 1 aromatic rings. The first-order chi connectivity index (χ1) is 8.13. The Labute approximate surface area is 112 Å². The lowest BCUT2D eigenvalue weighted by Gasteiger charge is -2.32. The monoisotopic (exact) mass is 296 g/mol. The molecule has 2 nitrogen and oxygen atoms in total. The number of nitrogens with zero attached hydrogens (tertiary/aromatic N) is 1. The van der Waals surface area contributed by atoms with Gasteiger partial charge in [0.1, 0.15) is 4.60 Å². The normalized spacial score (nSPS) is 29.2. The van der Waals surface area contributed by atoms with E-state index in [-0.39, 0.29) is 0 Å². The fourth-order valence-corrected chi connectivity index (χ4v) is 3.29. The maximum absolute atomic E-state index is 4.45. The Hall–Kier alpha value is -0.410. The molecule has 1 aliphatic rings. The molecule has 1 heterocycles. The van der Waals surface area contributed by atoms with E-state index in [0.717, 1.165) is 28.7 Å². The average molecular weight is 297 g/mol. The Kier molecular flexibility index (Phi) is 4.57. The van der Waals surface area contributed by atoms with E-state index in [0.29, 0.717) is 6.04 Å². The lowest BCUT2D eigenvalue weighted by molar-refractivity contribution is 0.237. The molecule has 3 heteroatoms. The van der Waals surface area contributed by atoms with Crippen LogP contribution in [0.5, 0.6) is 0 Å². The van der Waals surface area contributed by atoms with Crippen molar-refractivity contribution < 1.29 is 0 Å². The maximum atomic E-state index is 4.45. The summed E-state index contributed by atoms with van der Waals surface area (Å²) in [7, 11) is 0. The number of hydrogen-bond acceptors (Lipinski definition) is 2. The molecule has 1 aromatic heterocycles. The van der Waals surface area contributed by atoms with Gasteiger partial charge in [0, 0.05) is 12.6 Å². The van der Waals surface area contributed by atoms with Gasteiger partial charge in [0.05, 0.1) is 5.69 Å². The SMILES string of the molecule is CC1CC(C)CC(NCc2cccc(Br)n2)C1. The average Bonchev–Trinajstić information content (AvgIpc) is 2.25. The topological polar surface area (TPSA) is 24.9 Å². The van der Waals surface area contributed by atoms with Crippen molar-refractivity contribution in [1.29, 1.82) is 0 Å². The zero-order valence-electron chi connectivity index (χ0n) is 10.6. The number of pyridine rings is 1. The summed E-state index contributed by atoms with van der Waals surface area (Å²) in [5.74, 6) is 1.71. The van der Waals surface area contributed by atoms with Crippen LogP contribution in [-0.2, 0) is 6.54 Å². The molecule has 2 atom stereocenters. The van der Waals surface area contributed by atoms with E-state index in [1.54, 1.807) is 0 Å². The molecule has 0 spiro atoms. The number of nitrogens with one attached hydrogen (secondary N) is 1. The summed E-state index contributed by atoms with van der Waals surface area (Å²) in [4.78, 5) is 4.45. The quantitative estimate of drug-likeness (QED) is 0.859. The second-order valence-electron chi connectivity index (χ2n) is 5.45. The molecule has 0 amide bonds. The molecule has 1 aliphatic carbocycles. The highest BCUT2D eigenvalue weighted by atomic mass is 79.9. The van der Waals surface area contributed by atoms with Crippen LogP contribution in [0.3, 0.4) is 0 Å². The summed E-state index contributed by atoms with van der Waals surface area (Å²) in [6.07, 6.45) is 3.99. The largest absolute Gasteiger partial charge is 0.308 e. The van der Waals surface area contributed by atoms with Crippen molar-refractivity contribution in [2.45, 2.75) is 45.7 Å². The highest BCUT2D eigenvalue weighted by Gasteiger charge is 2.23. The summed E-state index contributed by atoms with van der Waals surface area (Å²) < 4.78 is 0.919. The molecule has 0 aliphatic heterocycles. The van der Waals surface area contributed by atoms with Crippen molar-refractivity contribution in [2.24, 2.45) is 11.8 Å². The van der Waals surface area contributed by atoms with Gasteiger partial charge >= 0.3 is 0 Å². The first kappa shape index (κ1) is 13.0. The second-order valence-corrected chi connectivity index (χ2v) is 6.26. The summed E-state index contributed by atoms with van der Waals surface area (Å²) in [6, 6.07) is 6.75. The van der Waals surface area contributed by atoms with Crippen molar-refractivity contribution in [2.75, 3.05) is 0 Å². The van der Waals surface area contributed by atoms with Crippen LogP contribution in [0.25, 0.3) is 0 Å². The van der Waals surface area contributed by atoms with Crippen LogP contribution in [0, 0.1) is 11.8 Å². The number of aromatic nitrogens is 1. The van der Waals surface area contributed by atoms with Gasteiger partial charge in [-0.1, -0.05) is 19.9 Å². The summed E-state index contributed by atoms with van der Waals surface area (Å²) in [5, 5.41) is 3.64. The van der Waals surface area contributed by atoms with Gasteiger partial charge in [0.25, 0.3) is 0 Å². The van der Waals surface area contributed by atoms with Crippen LogP contribution < -0.4 is 5.32 Å². The van der Waals surface area contributed by atoms with Gasteiger partial charge in [-0.2, -0.15) is 0 Å². The predicted molar refractivity (Wildman–Crippen MR) is 74.7 cm³/mol. The molecule has 0 aromatic carbocycles. The Balaban J connectivity index is 1.85. The molecule has 0 bridgehead atoms. The standard InChI is InChI=1S/C14H21BrN2/c1-10-6-11(2)8-13(7-10)16-9-12-4-3-5-14(15)17-12/h3-5,10-11,13,16H,6-9H2,1-2H3. The Morgan fingerprint density at radius 3 is 2.59 bits per heavy atom. The highest BCUT2D eigenvalue weighted by molar-refractivity contribution is 9.10. The van der Waals surface area contributed by atoms with E-state index in [9.17, 15) is 0 Å². The minimum Gasteiger partial charge on any atom is -0.308 e. The molecule has 0 saturated heterocycles. The molecule has 0 radical (unpaired) electrons. The third-order valence-corrected chi connectivity index (χ3v) is 3.96. The van der Waals surface area contributed by atoms with Crippen molar-refractivity contribution in [1.82, 2.24) is 10.3 Å². The fourth-order valence-electron chi connectivity index (χ4n) is 2.91. The van der Waals surface area contributed by atoms with Crippen LogP contribution in [-0.4, -0.2) is 11.0 Å². The zero-order valence-corrected chi connectivity index (χ0v) is 12.2. The molecule has 1 N–H and O–H groups in total. The van der Waals surface area contributed by atoms with Gasteiger partial charge in [0.15, 0.2) is 0 Å². The van der Waals surface area contributed by atoms with Crippen LogP contribution in [0.15, 0.2) is 22.8 Å². The van der Waals surface area contributed by atoms with Crippen molar-refractivity contribution >= 4 is 15.9 Å². The number of rotatable bonds is 3. The van der Waals surface area contributed by atoms with Crippen LogP contribution in [0.4, 0.5) is 0 Å². The number of halogens is 1. The minimum atomic E-state index is 0.662. The van der Waals surface area contributed by atoms with Gasteiger partial charge in [-0.05, 0) is 59.2 Å². The van der Waals surface area contributed by atoms with Gasteiger partial charge in [-0.25, -0.2) is 4.98 Å². The third kappa shape index (κ3) is 4.07.